The van der Waals surface area contributed by atoms with Crippen LogP contribution in [0.25, 0.3) is 0 Å². The van der Waals surface area contributed by atoms with Crippen molar-refractivity contribution in [1.29, 1.82) is 0 Å². The van der Waals surface area contributed by atoms with Crippen LogP contribution in [-0.4, -0.2) is 46.1 Å². The van der Waals surface area contributed by atoms with Gasteiger partial charge in [-0.05, 0) is 75.4 Å². The molecule has 0 heterocycles. The third-order valence-electron chi connectivity index (χ3n) is 6.17. The highest BCUT2D eigenvalue weighted by Gasteiger charge is 2.36. The van der Waals surface area contributed by atoms with Crippen molar-refractivity contribution in [3.8, 4) is 18.2 Å². The first-order chi connectivity index (χ1) is 18.4. The van der Waals surface area contributed by atoms with E-state index in [1.54, 1.807) is 39.0 Å². The summed E-state index contributed by atoms with van der Waals surface area (Å²) in [6, 6.07) is 12.0. The molecule has 0 saturated carbocycles. The standard InChI is InChI=1S/C31H41N3O5/c1-8-10-11-18-32-28(36)27(24-15-12-21(3)22(4)19-24)34(9-2)29(37)26(33-30(38)39-31(5,6)7)20-23-13-16-25(35)17-14-23/h2,12-17,19,26-27,35H,8,10-11,18,20H2,1,3-7H3,(H,32,36)(H,33,38). The van der Waals surface area contributed by atoms with Gasteiger partial charge in [0.2, 0.25) is 5.91 Å². The van der Waals surface area contributed by atoms with Gasteiger partial charge in [-0.3, -0.25) is 14.5 Å². The fraction of sp³-hybridized carbons (Fsp3) is 0.452. The fourth-order valence-corrected chi connectivity index (χ4v) is 3.99. The van der Waals surface area contributed by atoms with E-state index in [-0.39, 0.29) is 12.2 Å². The molecule has 8 nitrogen and oxygen atoms in total. The molecule has 2 aromatic carbocycles. The summed E-state index contributed by atoms with van der Waals surface area (Å²) < 4.78 is 5.39. The molecular weight excluding hydrogens is 494 g/mol. The number of phenols is 1. The lowest BCUT2D eigenvalue weighted by Crippen LogP contribution is -2.52. The molecule has 0 aliphatic rings. The molecule has 2 rings (SSSR count). The number of benzene rings is 2. The summed E-state index contributed by atoms with van der Waals surface area (Å²) in [6.45, 7) is 11.6. The van der Waals surface area contributed by atoms with Gasteiger partial charge in [0, 0.05) is 19.0 Å². The lowest BCUT2D eigenvalue weighted by Gasteiger charge is -2.30. The molecule has 2 unspecified atom stereocenters. The number of alkyl carbamates (subject to hydrolysis) is 1. The second-order valence-electron chi connectivity index (χ2n) is 10.7. The average Bonchev–Trinajstić information content (AvgIpc) is 2.86. The smallest absolute Gasteiger partial charge is 0.408 e. The number of carbonyl (C=O) groups is 3. The number of ether oxygens (including phenoxy) is 1. The molecule has 0 aromatic heterocycles. The quantitative estimate of drug-likeness (QED) is 0.215. The molecule has 3 N–H and O–H groups in total. The van der Waals surface area contributed by atoms with Crippen molar-refractivity contribution >= 4 is 17.9 Å². The van der Waals surface area contributed by atoms with E-state index < -0.39 is 35.6 Å². The minimum atomic E-state index is -1.14. The van der Waals surface area contributed by atoms with E-state index >= 15 is 0 Å². The van der Waals surface area contributed by atoms with Crippen LogP contribution in [0.15, 0.2) is 42.5 Å². The molecule has 0 bridgehead atoms. The molecular formula is C31H41N3O5. The SMILES string of the molecule is C#CN(C(=O)C(Cc1ccc(O)cc1)NC(=O)OC(C)(C)C)C(C(=O)NCCCCC)c1ccc(C)c(C)c1. The summed E-state index contributed by atoms with van der Waals surface area (Å²) >= 11 is 0. The van der Waals surface area contributed by atoms with Crippen LogP contribution in [0.3, 0.4) is 0 Å². The Bertz CT molecular complexity index is 1180. The van der Waals surface area contributed by atoms with Gasteiger partial charge in [-0.2, -0.15) is 0 Å². The number of rotatable bonds is 11. The fourth-order valence-electron chi connectivity index (χ4n) is 3.99. The van der Waals surface area contributed by atoms with E-state index in [0.717, 1.165) is 35.3 Å². The van der Waals surface area contributed by atoms with Crippen LogP contribution in [0.1, 0.15) is 75.3 Å². The summed E-state index contributed by atoms with van der Waals surface area (Å²) in [5.74, 6) is -0.966. The van der Waals surface area contributed by atoms with Gasteiger partial charge in [-0.15, -0.1) is 0 Å². The van der Waals surface area contributed by atoms with Gasteiger partial charge in [-0.1, -0.05) is 56.5 Å². The van der Waals surface area contributed by atoms with Crippen molar-refractivity contribution in [2.24, 2.45) is 0 Å². The molecule has 3 amide bonds. The van der Waals surface area contributed by atoms with Gasteiger partial charge in [-0.25, -0.2) is 4.79 Å². The van der Waals surface area contributed by atoms with Gasteiger partial charge < -0.3 is 20.5 Å². The second-order valence-corrected chi connectivity index (χ2v) is 10.7. The number of hydrogen-bond acceptors (Lipinski definition) is 5. The summed E-state index contributed by atoms with van der Waals surface area (Å²) in [5.41, 5.74) is 2.44. The molecule has 210 valence electrons. The van der Waals surface area contributed by atoms with Crippen molar-refractivity contribution in [3.63, 3.8) is 0 Å². The maximum absolute atomic E-state index is 14.0. The van der Waals surface area contributed by atoms with Gasteiger partial charge >= 0.3 is 6.09 Å². The van der Waals surface area contributed by atoms with Crippen molar-refractivity contribution in [1.82, 2.24) is 15.5 Å². The summed E-state index contributed by atoms with van der Waals surface area (Å²) in [4.78, 5) is 41.2. The summed E-state index contributed by atoms with van der Waals surface area (Å²) in [5, 5.41) is 15.2. The van der Waals surface area contributed by atoms with Crippen LogP contribution >= 0.6 is 0 Å². The third-order valence-corrected chi connectivity index (χ3v) is 6.17. The summed E-state index contributed by atoms with van der Waals surface area (Å²) in [7, 11) is 0. The normalized spacial score (nSPS) is 12.5. The third kappa shape index (κ3) is 9.68. The van der Waals surface area contributed by atoms with Crippen molar-refractivity contribution in [2.45, 2.75) is 84.9 Å². The first kappa shape index (κ1) is 31.2. The lowest BCUT2D eigenvalue weighted by atomic mass is 9.97. The van der Waals surface area contributed by atoms with E-state index in [4.69, 9.17) is 11.2 Å². The zero-order chi connectivity index (χ0) is 29.2. The van der Waals surface area contributed by atoms with Crippen LogP contribution in [-0.2, 0) is 20.7 Å². The summed E-state index contributed by atoms with van der Waals surface area (Å²) in [6.07, 6.45) is 7.91. The van der Waals surface area contributed by atoms with E-state index in [1.807, 2.05) is 26.0 Å². The highest BCUT2D eigenvalue weighted by molar-refractivity contribution is 5.93. The number of nitrogens with zero attached hydrogens (tertiary/aromatic N) is 1. The zero-order valence-corrected chi connectivity index (χ0v) is 23.8. The molecule has 2 atom stereocenters. The van der Waals surface area contributed by atoms with Crippen molar-refractivity contribution in [3.05, 3.63) is 64.7 Å². The van der Waals surface area contributed by atoms with Gasteiger partial charge in [0.1, 0.15) is 23.4 Å². The monoisotopic (exact) mass is 535 g/mol. The Labute approximate surface area is 232 Å². The molecule has 0 fully saturated rings. The first-order valence-corrected chi connectivity index (χ1v) is 13.3. The Balaban J connectivity index is 2.47. The van der Waals surface area contributed by atoms with Crippen LogP contribution < -0.4 is 10.6 Å². The van der Waals surface area contributed by atoms with E-state index in [9.17, 15) is 19.5 Å². The molecule has 0 aliphatic heterocycles. The van der Waals surface area contributed by atoms with Gasteiger partial charge in [0.15, 0.2) is 0 Å². The second kappa shape index (κ2) is 14.2. The van der Waals surface area contributed by atoms with Gasteiger partial charge in [0.05, 0.1) is 0 Å². The number of nitrogens with one attached hydrogen (secondary N) is 2. The average molecular weight is 536 g/mol. The largest absolute Gasteiger partial charge is 0.508 e. The number of aromatic hydroxyl groups is 1. The lowest BCUT2D eigenvalue weighted by molar-refractivity contribution is -0.138. The molecule has 0 spiro atoms. The molecule has 2 aromatic rings. The number of hydrogen-bond donors (Lipinski definition) is 3. The van der Waals surface area contributed by atoms with Crippen LogP contribution in [0.5, 0.6) is 5.75 Å². The van der Waals surface area contributed by atoms with Crippen molar-refractivity contribution in [2.75, 3.05) is 6.54 Å². The highest BCUT2D eigenvalue weighted by Crippen LogP contribution is 2.25. The number of carbonyl (C=O) groups excluding carboxylic acids is 3. The Morgan fingerprint density at radius 3 is 2.28 bits per heavy atom. The number of phenolic OH excluding ortho intramolecular Hbond substituents is 1. The Kier molecular flexibility index (Phi) is 11.4. The van der Waals surface area contributed by atoms with Gasteiger partial charge in [0.25, 0.3) is 5.91 Å². The van der Waals surface area contributed by atoms with Crippen LogP contribution in [0, 0.1) is 26.3 Å². The zero-order valence-electron chi connectivity index (χ0n) is 23.8. The maximum Gasteiger partial charge on any atom is 0.408 e. The molecule has 0 saturated heterocycles. The molecule has 39 heavy (non-hydrogen) atoms. The Hall–Kier alpha value is -3.99. The van der Waals surface area contributed by atoms with E-state index in [0.29, 0.717) is 17.7 Å². The predicted molar refractivity (Wildman–Crippen MR) is 152 cm³/mol. The number of unbranched alkanes of at least 4 members (excludes halogenated alkanes) is 2. The number of aryl methyl sites for hydroxylation is 2. The highest BCUT2D eigenvalue weighted by atomic mass is 16.6. The molecule has 8 heteroatoms. The van der Waals surface area contributed by atoms with Crippen LogP contribution in [0.4, 0.5) is 4.79 Å². The molecule has 0 radical (unpaired) electrons. The van der Waals surface area contributed by atoms with Crippen molar-refractivity contribution < 1.29 is 24.2 Å². The molecule has 0 aliphatic carbocycles. The maximum atomic E-state index is 14.0. The minimum Gasteiger partial charge on any atom is -0.508 e. The van der Waals surface area contributed by atoms with E-state index in [1.165, 1.54) is 12.1 Å². The predicted octanol–water partition coefficient (Wildman–Crippen LogP) is 4.91. The minimum absolute atomic E-state index is 0.0638. The topological polar surface area (TPSA) is 108 Å². The number of amides is 3. The van der Waals surface area contributed by atoms with Crippen LogP contribution in [0.2, 0.25) is 0 Å². The Morgan fingerprint density at radius 2 is 1.72 bits per heavy atom. The van der Waals surface area contributed by atoms with E-state index in [2.05, 4.69) is 23.6 Å². The number of terminal acetylenes is 1. The Morgan fingerprint density at radius 1 is 1.05 bits per heavy atom. The first-order valence-electron chi connectivity index (χ1n) is 13.3.